The van der Waals surface area contributed by atoms with Gasteiger partial charge in [-0.3, -0.25) is 9.59 Å². The summed E-state index contributed by atoms with van der Waals surface area (Å²) in [5.41, 5.74) is 1.71. The van der Waals surface area contributed by atoms with E-state index in [0.29, 0.717) is 33.9 Å². The summed E-state index contributed by atoms with van der Waals surface area (Å²) < 4.78 is 0. The number of nitrogens with one attached hydrogen (secondary N) is 1. The van der Waals surface area contributed by atoms with Crippen molar-refractivity contribution in [1.82, 2.24) is 10.2 Å². The summed E-state index contributed by atoms with van der Waals surface area (Å²) in [6.07, 6.45) is 0.831. The van der Waals surface area contributed by atoms with Crippen molar-refractivity contribution in [3.8, 4) is 0 Å². The summed E-state index contributed by atoms with van der Waals surface area (Å²) in [5.74, 6) is 0.422. The van der Waals surface area contributed by atoms with Crippen LogP contribution in [-0.4, -0.2) is 35.1 Å². The fourth-order valence-corrected chi connectivity index (χ4v) is 4.53. The largest absolute Gasteiger partial charge is 0.354 e. The van der Waals surface area contributed by atoms with Crippen LogP contribution in [0.4, 0.5) is 0 Å². The van der Waals surface area contributed by atoms with Crippen LogP contribution in [0.3, 0.4) is 0 Å². The SMILES string of the molecule is CCCNC(=O)[C@@H](C)N(Cc1ccc(Cl)cc1)C(=O)CSCc1c(Cl)cccc1Cl. The molecule has 8 heteroatoms. The molecule has 0 saturated heterocycles. The number of carbonyl (C=O) groups excluding carboxylic acids is 2. The molecule has 0 spiro atoms. The Morgan fingerprint density at radius 3 is 2.30 bits per heavy atom. The van der Waals surface area contributed by atoms with E-state index in [1.54, 1.807) is 42.2 Å². The maximum atomic E-state index is 13.0. The number of rotatable bonds is 10. The van der Waals surface area contributed by atoms with Crippen LogP contribution in [0.15, 0.2) is 42.5 Å². The minimum absolute atomic E-state index is 0.128. The molecule has 0 aliphatic carbocycles. The molecule has 1 N–H and O–H groups in total. The Bertz CT molecular complexity index is 842. The predicted molar refractivity (Wildman–Crippen MR) is 127 cm³/mol. The van der Waals surface area contributed by atoms with Gasteiger partial charge in [0.2, 0.25) is 11.8 Å². The zero-order valence-corrected chi connectivity index (χ0v) is 20.0. The van der Waals surface area contributed by atoms with E-state index in [-0.39, 0.29) is 17.6 Å². The Morgan fingerprint density at radius 2 is 1.70 bits per heavy atom. The van der Waals surface area contributed by atoms with Gasteiger partial charge in [0.05, 0.1) is 5.75 Å². The number of hydrogen-bond acceptors (Lipinski definition) is 3. The molecule has 0 aliphatic rings. The first kappa shape index (κ1) is 24.9. The highest BCUT2D eigenvalue weighted by Crippen LogP contribution is 2.28. The standard InChI is InChI=1S/C22H25Cl3N2O2S/c1-3-11-26-22(29)15(2)27(12-16-7-9-17(23)10-8-16)21(28)14-30-13-18-19(24)5-4-6-20(18)25/h4-10,15H,3,11-14H2,1-2H3,(H,26,29)/t15-/m1/s1. The predicted octanol–water partition coefficient (Wildman–Crippen LogP) is 5.82. The van der Waals surface area contributed by atoms with Crippen LogP contribution >= 0.6 is 46.6 Å². The van der Waals surface area contributed by atoms with Gasteiger partial charge in [-0.15, -0.1) is 11.8 Å². The molecule has 0 aromatic heterocycles. The van der Waals surface area contributed by atoms with Crippen molar-refractivity contribution in [2.24, 2.45) is 0 Å². The average molecular weight is 488 g/mol. The third-order valence-corrected chi connectivity index (χ3v) is 6.42. The van der Waals surface area contributed by atoms with E-state index in [4.69, 9.17) is 34.8 Å². The number of nitrogens with zero attached hydrogens (tertiary/aromatic N) is 1. The summed E-state index contributed by atoms with van der Waals surface area (Å²) in [5, 5.41) is 4.64. The summed E-state index contributed by atoms with van der Waals surface area (Å²) in [7, 11) is 0. The lowest BCUT2D eigenvalue weighted by Gasteiger charge is -2.28. The first-order chi connectivity index (χ1) is 14.3. The molecule has 2 aromatic carbocycles. The van der Waals surface area contributed by atoms with E-state index in [2.05, 4.69) is 5.32 Å². The van der Waals surface area contributed by atoms with Crippen molar-refractivity contribution in [2.75, 3.05) is 12.3 Å². The van der Waals surface area contributed by atoms with Gasteiger partial charge in [0.25, 0.3) is 0 Å². The number of halogens is 3. The molecule has 30 heavy (non-hydrogen) atoms. The van der Waals surface area contributed by atoms with Crippen LogP contribution in [0, 0.1) is 0 Å². The van der Waals surface area contributed by atoms with Gasteiger partial charge in [-0.05, 0) is 48.7 Å². The van der Waals surface area contributed by atoms with Crippen LogP contribution in [0.5, 0.6) is 0 Å². The van der Waals surface area contributed by atoms with Crippen molar-refractivity contribution in [1.29, 1.82) is 0 Å². The van der Waals surface area contributed by atoms with E-state index in [0.717, 1.165) is 17.5 Å². The summed E-state index contributed by atoms with van der Waals surface area (Å²) in [6.45, 7) is 4.63. The van der Waals surface area contributed by atoms with Crippen molar-refractivity contribution >= 4 is 58.4 Å². The van der Waals surface area contributed by atoms with Crippen molar-refractivity contribution in [3.05, 3.63) is 68.7 Å². The summed E-state index contributed by atoms with van der Waals surface area (Å²) in [4.78, 5) is 27.1. The maximum Gasteiger partial charge on any atom is 0.242 e. The van der Waals surface area contributed by atoms with E-state index in [1.165, 1.54) is 11.8 Å². The third kappa shape index (κ3) is 7.38. The highest BCUT2D eigenvalue weighted by atomic mass is 35.5. The lowest BCUT2D eigenvalue weighted by Crippen LogP contribution is -2.48. The monoisotopic (exact) mass is 486 g/mol. The molecular formula is C22H25Cl3N2O2S. The number of carbonyl (C=O) groups is 2. The van der Waals surface area contributed by atoms with E-state index in [1.807, 2.05) is 19.1 Å². The summed E-state index contributed by atoms with van der Waals surface area (Å²) >= 11 is 19.8. The molecule has 2 aromatic rings. The second kappa shape index (κ2) is 12.5. The molecule has 1 atom stereocenters. The molecule has 2 amide bonds. The number of benzene rings is 2. The van der Waals surface area contributed by atoms with Gasteiger partial charge < -0.3 is 10.2 Å². The Kier molecular flexibility index (Phi) is 10.3. The molecular weight excluding hydrogens is 463 g/mol. The van der Waals surface area contributed by atoms with Gasteiger partial charge in [-0.25, -0.2) is 0 Å². The zero-order valence-electron chi connectivity index (χ0n) is 17.0. The van der Waals surface area contributed by atoms with Gasteiger partial charge in [-0.2, -0.15) is 0 Å². The lowest BCUT2D eigenvalue weighted by molar-refractivity contribution is -0.138. The van der Waals surface area contributed by atoms with Gasteiger partial charge in [0.15, 0.2) is 0 Å². The smallest absolute Gasteiger partial charge is 0.242 e. The Morgan fingerprint density at radius 1 is 1.07 bits per heavy atom. The first-order valence-corrected chi connectivity index (χ1v) is 11.9. The molecule has 0 aliphatic heterocycles. The van der Waals surface area contributed by atoms with Gasteiger partial charge in [0, 0.05) is 33.9 Å². The summed E-state index contributed by atoms with van der Waals surface area (Å²) in [6, 6.07) is 12.0. The van der Waals surface area contributed by atoms with Crippen LogP contribution in [0.2, 0.25) is 15.1 Å². The second-order valence-electron chi connectivity index (χ2n) is 6.81. The normalized spacial score (nSPS) is 11.8. The zero-order chi connectivity index (χ0) is 22.1. The molecule has 0 unspecified atom stereocenters. The topological polar surface area (TPSA) is 49.4 Å². The molecule has 0 saturated carbocycles. The highest BCUT2D eigenvalue weighted by molar-refractivity contribution is 7.99. The minimum Gasteiger partial charge on any atom is -0.354 e. The Labute approximate surface area is 197 Å². The van der Waals surface area contributed by atoms with Gasteiger partial charge in [0.1, 0.15) is 6.04 Å². The fraction of sp³-hybridized carbons (Fsp3) is 0.364. The van der Waals surface area contributed by atoms with Crippen molar-refractivity contribution < 1.29 is 9.59 Å². The van der Waals surface area contributed by atoms with E-state index >= 15 is 0 Å². The second-order valence-corrected chi connectivity index (χ2v) is 9.04. The fourth-order valence-electron chi connectivity index (χ4n) is 2.76. The van der Waals surface area contributed by atoms with Gasteiger partial charge in [-0.1, -0.05) is 59.9 Å². The van der Waals surface area contributed by atoms with Gasteiger partial charge >= 0.3 is 0 Å². The number of thioether (sulfide) groups is 1. The van der Waals surface area contributed by atoms with E-state index in [9.17, 15) is 9.59 Å². The van der Waals surface area contributed by atoms with Crippen LogP contribution < -0.4 is 5.32 Å². The quantitative estimate of drug-likeness (QED) is 0.459. The average Bonchev–Trinajstić information content (AvgIpc) is 2.73. The van der Waals surface area contributed by atoms with E-state index < -0.39 is 6.04 Å². The maximum absolute atomic E-state index is 13.0. The molecule has 0 bridgehead atoms. The molecule has 0 fully saturated rings. The molecule has 0 radical (unpaired) electrons. The molecule has 0 heterocycles. The van der Waals surface area contributed by atoms with Crippen LogP contribution in [-0.2, 0) is 21.9 Å². The van der Waals surface area contributed by atoms with Crippen LogP contribution in [0.25, 0.3) is 0 Å². The number of hydrogen-bond donors (Lipinski definition) is 1. The molecule has 162 valence electrons. The molecule has 4 nitrogen and oxygen atoms in total. The van der Waals surface area contributed by atoms with Crippen molar-refractivity contribution in [2.45, 2.75) is 38.6 Å². The first-order valence-electron chi connectivity index (χ1n) is 9.65. The molecule has 2 rings (SSSR count). The highest BCUT2D eigenvalue weighted by Gasteiger charge is 2.26. The number of amides is 2. The third-order valence-electron chi connectivity index (χ3n) is 4.52. The van der Waals surface area contributed by atoms with Crippen molar-refractivity contribution in [3.63, 3.8) is 0 Å². The lowest BCUT2D eigenvalue weighted by atomic mass is 10.1. The van der Waals surface area contributed by atoms with Crippen LogP contribution in [0.1, 0.15) is 31.4 Å². The Hall–Kier alpha value is -1.40. The Balaban J connectivity index is 2.08. The minimum atomic E-state index is -0.593.